The van der Waals surface area contributed by atoms with Gasteiger partial charge in [0.15, 0.2) is 0 Å². The zero-order chi connectivity index (χ0) is 20.4. The maximum Gasteiger partial charge on any atom is 0.279 e. The van der Waals surface area contributed by atoms with Crippen molar-refractivity contribution in [1.29, 1.82) is 0 Å². The molecule has 1 saturated heterocycles. The monoisotopic (exact) mass is 431 g/mol. The van der Waals surface area contributed by atoms with Gasteiger partial charge in [0, 0.05) is 47.7 Å². The highest BCUT2D eigenvalue weighted by Gasteiger charge is 2.29. The molecule has 29 heavy (non-hydrogen) atoms. The van der Waals surface area contributed by atoms with Gasteiger partial charge in [-0.15, -0.1) is 0 Å². The highest BCUT2D eigenvalue weighted by Crippen LogP contribution is 2.34. The molecule has 1 aliphatic heterocycles. The number of benzene rings is 2. The predicted molar refractivity (Wildman–Crippen MR) is 118 cm³/mol. The molecule has 5 nitrogen and oxygen atoms in total. The van der Waals surface area contributed by atoms with Gasteiger partial charge in [-0.1, -0.05) is 54.9 Å². The second-order valence-electron chi connectivity index (χ2n) is 7.82. The van der Waals surface area contributed by atoms with E-state index < -0.39 is 10.2 Å². The minimum absolute atomic E-state index is 0.197. The zero-order valence-electron chi connectivity index (χ0n) is 16.4. The topological polar surface area (TPSA) is 65.2 Å². The van der Waals surface area contributed by atoms with Crippen molar-refractivity contribution in [3.8, 4) is 0 Å². The number of nitrogens with zero attached hydrogens (tertiary/aromatic N) is 1. The minimum atomic E-state index is -3.55. The number of aromatic amines is 1. The Morgan fingerprint density at radius 3 is 2.72 bits per heavy atom. The first-order valence-electron chi connectivity index (χ1n) is 10.0. The van der Waals surface area contributed by atoms with Crippen molar-refractivity contribution in [2.45, 2.75) is 25.7 Å². The van der Waals surface area contributed by atoms with Crippen LogP contribution >= 0.6 is 11.6 Å². The van der Waals surface area contributed by atoms with Crippen molar-refractivity contribution in [1.82, 2.24) is 14.0 Å². The van der Waals surface area contributed by atoms with Gasteiger partial charge in [-0.05, 0) is 42.0 Å². The lowest BCUT2D eigenvalue weighted by Gasteiger charge is -2.30. The first-order chi connectivity index (χ1) is 14.0. The van der Waals surface area contributed by atoms with E-state index >= 15 is 0 Å². The van der Waals surface area contributed by atoms with E-state index in [0.717, 1.165) is 34.9 Å². The number of fused-ring (bicyclic) bond motifs is 1. The maximum absolute atomic E-state index is 13.0. The van der Waals surface area contributed by atoms with Crippen molar-refractivity contribution < 1.29 is 8.42 Å². The summed E-state index contributed by atoms with van der Waals surface area (Å²) in [5, 5.41) is 1.71. The van der Waals surface area contributed by atoms with E-state index in [0.29, 0.717) is 24.0 Å². The van der Waals surface area contributed by atoms with Crippen LogP contribution in [0.4, 0.5) is 0 Å². The average molecular weight is 432 g/mol. The molecule has 0 bridgehead atoms. The Morgan fingerprint density at radius 2 is 1.93 bits per heavy atom. The standard InChI is InChI=1S/C22H26ClN3O2S/c1-16-7-6-12-26(15-16)29(27,28)25-14-20(17-8-2-4-10-21(17)23)19-13-24-22-11-5-3-9-18(19)22/h2-5,8-11,13,16,20,24-25H,6-7,12,14-15H2,1H3/t16-,20+/m0/s1. The Labute approximate surface area is 177 Å². The quantitative estimate of drug-likeness (QED) is 0.602. The lowest BCUT2D eigenvalue weighted by atomic mass is 9.91. The van der Waals surface area contributed by atoms with Crippen LogP contribution in [0.15, 0.2) is 54.7 Å². The summed E-state index contributed by atoms with van der Waals surface area (Å²) in [4.78, 5) is 3.29. The van der Waals surface area contributed by atoms with Crippen molar-refractivity contribution in [3.63, 3.8) is 0 Å². The number of rotatable bonds is 6. The van der Waals surface area contributed by atoms with E-state index in [1.54, 1.807) is 4.31 Å². The smallest absolute Gasteiger partial charge is 0.279 e. The molecule has 0 unspecified atom stereocenters. The van der Waals surface area contributed by atoms with Gasteiger partial charge in [0.25, 0.3) is 10.2 Å². The molecule has 0 aliphatic carbocycles. The number of para-hydroxylation sites is 1. The van der Waals surface area contributed by atoms with Gasteiger partial charge in [-0.2, -0.15) is 12.7 Å². The summed E-state index contributed by atoms with van der Waals surface area (Å²) in [5.74, 6) is 0.185. The maximum atomic E-state index is 13.0. The summed E-state index contributed by atoms with van der Waals surface area (Å²) in [6, 6.07) is 15.7. The molecule has 154 valence electrons. The van der Waals surface area contributed by atoms with E-state index in [-0.39, 0.29) is 12.5 Å². The summed E-state index contributed by atoms with van der Waals surface area (Å²) in [6.45, 7) is 3.49. The van der Waals surface area contributed by atoms with Gasteiger partial charge in [0.2, 0.25) is 0 Å². The van der Waals surface area contributed by atoms with Gasteiger partial charge in [0.1, 0.15) is 0 Å². The molecule has 2 N–H and O–H groups in total. The van der Waals surface area contributed by atoms with Crippen molar-refractivity contribution >= 4 is 32.7 Å². The molecule has 3 aromatic rings. The van der Waals surface area contributed by atoms with Crippen LogP contribution in [0.2, 0.25) is 5.02 Å². The molecule has 7 heteroatoms. The largest absolute Gasteiger partial charge is 0.361 e. The Balaban J connectivity index is 1.66. The minimum Gasteiger partial charge on any atom is -0.361 e. The van der Waals surface area contributed by atoms with E-state index in [1.165, 1.54) is 0 Å². The van der Waals surface area contributed by atoms with Gasteiger partial charge < -0.3 is 4.98 Å². The number of piperidine rings is 1. The third-order valence-corrected chi connectivity index (χ3v) is 7.59. The fourth-order valence-corrected chi connectivity index (χ4v) is 5.82. The Bertz CT molecular complexity index is 1100. The molecule has 1 aromatic heterocycles. The molecule has 0 spiro atoms. The summed E-state index contributed by atoms with van der Waals surface area (Å²) in [5.41, 5.74) is 2.96. The van der Waals surface area contributed by atoms with Crippen molar-refractivity contribution in [2.24, 2.45) is 5.92 Å². The van der Waals surface area contributed by atoms with Crippen LogP contribution < -0.4 is 4.72 Å². The van der Waals surface area contributed by atoms with Crippen LogP contribution in [0.5, 0.6) is 0 Å². The van der Waals surface area contributed by atoms with Crippen LogP contribution in [-0.2, 0) is 10.2 Å². The molecule has 1 aliphatic rings. The molecule has 1 fully saturated rings. The molecule has 0 saturated carbocycles. The van der Waals surface area contributed by atoms with E-state index in [2.05, 4.69) is 16.6 Å². The van der Waals surface area contributed by atoms with Gasteiger partial charge in [-0.3, -0.25) is 0 Å². The zero-order valence-corrected chi connectivity index (χ0v) is 18.0. The fourth-order valence-electron chi connectivity index (χ4n) is 4.17. The second kappa shape index (κ2) is 8.48. The summed E-state index contributed by atoms with van der Waals surface area (Å²) >= 11 is 6.51. The van der Waals surface area contributed by atoms with Crippen LogP contribution in [0.3, 0.4) is 0 Å². The van der Waals surface area contributed by atoms with Crippen LogP contribution in [0.25, 0.3) is 10.9 Å². The van der Waals surface area contributed by atoms with Crippen molar-refractivity contribution in [3.05, 3.63) is 70.9 Å². The molecule has 0 radical (unpaired) electrons. The van der Waals surface area contributed by atoms with E-state index in [4.69, 9.17) is 11.6 Å². The summed E-state index contributed by atoms with van der Waals surface area (Å²) in [7, 11) is -3.55. The predicted octanol–water partition coefficient (Wildman–Crippen LogP) is 4.52. The third-order valence-electron chi connectivity index (χ3n) is 5.71. The number of halogens is 1. The van der Waals surface area contributed by atoms with E-state index in [9.17, 15) is 8.42 Å². The van der Waals surface area contributed by atoms with Crippen LogP contribution in [-0.4, -0.2) is 37.3 Å². The normalized spacial score (nSPS) is 19.4. The Morgan fingerprint density at radius 1 is 1.17 bits per heavy atom. The highest BCUT2D eigenvalue weighted by atomic mass is 35.5. The van der Waals surface area contributed by atoms with Crippen molar-refractivity contribution in [2.75, 3.05) is 19.6 Å². The number of hydrogen-bond donors (Lipinski definition) is 2. The second-order valence-corrected chi connectivity index (χ2v) is 9.99. The molecular weight excluding hydrogens is 406 g/mol. The lowest BCUT2D eigenvalue weighted by Crippen LogP contribution is -2.46. The highest BCUT2D eigenvalue weighted by molar-refractivity contribution is 7.87. The van der Waals surface area contributed by atoms with Crippen LogP contribution in [0.1, 0.15) is 36.8 Å². The number of nitrogens with one attached hydrogen (secondary N) is 2. The molecule has 0 amide bonds. The first kappa shape index (κ1) is 20.4. The van der Waals surface area contributed by atoms with Gasteiger partial charge in [-0.25, -0.2) is 4.72 Å². The van der Waals surface area contributed by atoms with Gasteiger partial charge in [0.05, 0.1) is 0 Å². The summed E-state index contributed by atoms with van der Waals surface area (Å²) < 4.78 is 30.3. The van der Waals surface area contributed by atoms with E-state index in [1.807, 2.05) is 54.7 Å². The molecule has 2 atom stereocenters. The Kier molecular flexibility index (Phi) is 5.97. The lowest BCUT2D eigenvalue weighted by molar-refractivity contribution is 0.278. The summed E-state index contributed by atoms with van der Waals surface area (Å²) in [6.07, 6.45) is 3.93. The fraction of sp³-hybridized carbons (Fsp3) is 0.364. The number of aromatic nitrogens is 1. The molecule has 2 aromatic carbocycles. The number of H-pyrrole nitrogens is 1. The molecule has 4 rings (SSSR count). The van der Waals surface area contributed by atoms with Gasteiger partial charge >= 0.3 is 0 Å². The molecule has 2 heterocycles. The third kappa shape index (κ3) is 4.36. The first-order valence-corrected chi connectivity index (χ1v) is 11.8. The van der Waals surface area contributed by atoms with Crippen LogP contribution in [0, 0.1) is 5.92 Å². The average Bonchev–Trinajstić information content (AvgIpc) is 3.13. The number of hydrogen-bond acceptors (Lipinski definition) is 2. The Hall–Kier alpha value is -1.86. The molecular formula is C22H26ClN3O2S. The SMILES string of the molecule is C[C@H]1CCCN(S(=O)(=O)NC[C@H](c2ccccc2Cl)c2c[nH]c3ccccc23)C1.